The van der Waals surface area contributed by atoms with E-state index in [1.165, 1.54) is 0 Å². The standard InChI is InChI=1S/C18H18F3N5O/c19-18(20,21)10-25-17(27)11-2-5-26(6-3-11)14-9-22-7-12-8-24-16-13(15(12)14)1-4-23-16/h1,4,7-9,11H,2-3,5-6,10H2,(H,23,24)(H,25,27). The quantitative estimate of drug-likeness (QED) is 0.736. The van der Waals surface area contributed by atoms with E-state index in [0.717, 1.165) is 27.5 Å². The second-order valence-electron chi connectivity index (χ2n) is 6.72. The molecule has 0 spiro atoms. The maximum absolute atomic E-state index is 12.3. The number of alkyl halides is 3. The molecule has 1 fully saturated rings. The Hall–Kier alpha value is -2.84. The van der Waals surface area contributed by atoms with Crippen LogP contribution in [0.4, 0.5) is 18.9 Å². The van der Waals surface area contributed by atoms with Crippen molar-refractivity contribution in [1.82, 2.24) is 20.3 Å². The van der Waals surface area contributed by atoms with Crippen LogP contribution in [0.3, 0.4) is 0 Å². The predicted octanol–water partition coefficient (Wildman–Crippen LogP) is 3.01. The third kappa shape index (κ3) is 3.54. The monoisotopic (exact) mass is 377 g/mol. The number of pyridine rings is 2. The van der Waals surface area contributed by atoms with Crippen LogP contribution in [0.1, 0.15) is 12.8 Å². The van der Waals surface area contributed by atoms with Gasteiger partial charge in [0.25, 0.3) is 0 Å². The van der Waals surface area contributed by atoms with E-state index < -0.39 is 24.5 Å². The van der Waals surface area contributed by atoms with Gasteiger partial charge in [0.1, 0.15) is 12.2 Å². The Morgan fingerprint density at radius 2 is 2.04 bits per heavy atom. The molecule has 27 heavy (non-hydrogen) atoms. The maximum atomic E-state index is 12.3. The lowest BCUT2D eigenvalue weighted by molar-refractivity contribution is -0.141. The molecule has 0 saturated carbocycles. The highest BCUT2D eigenvalue weighted by Crippen LogP contribution is 2.33. The molecule has 0 radical (unpaired) electrons. The summed E-state index contributed by atoms with van der Waals surface area (Å²) in [7, 11) is 0. The maximum Gasteiger partial charge on any atom is 0.405 e. The summed E-state index contributed by atoms with van der Waals surface area (Å²) in [6, 6.07) is 1.96. The van der Waals surface area contributed by atoms with Gasteiger partial charge in [-0.25, -0.2) is 4.98 Å². The fourth-order valence-electron chi connectivity index (χ4n) is 3.61. The van der Waals surface area contributed by atoms with Crippen molar-refractivity contribution in [2.75, 3.05) is 24.5 Å². The van der Waals surface area contributed by atoms with Crippen LogP contribution < -0.4 is 10.2 Å². The largest absolute Gasteiger partial charge is 0.405 e. The summed E-state index contributed by atoms with van der Waals surface area (Å²) in [6.45, 7) is -0.115. The fraction of sp³-hybridized carbons (Fsp3) is 0.389. The van der Waals surface area contributed by atoms with Gasteiger partial charge in [0.2, 0.25) is 5.91 Å². The highest BCUT2D eigenvalue weighted by molar-refractivity contribution is 6.10. The van der Waals surface area contributed by atoms with E-state index in [2.05, 4.69) is 19.9 Å². The molecule has 9 heteroatoms. The highest BCUT2D eigenvalue weighted by atomic mass is 19.4. The molecular formula is C18H18F3N5O. The summed E-state index contributed by atoms with van der Waals surface area (Å²) >= 11 is 0. The molecule has 3 aromatic heterocycles. The number of hydrogen-bond donors (Lipinski definition) is 2. The molecule has 3 aromatic rings. The number of carbonyl (C=O) groups is 1. The Morgan fingerprint density at radius 3 is 2.78 bits per heavy atom. The predicted molar refractivity (Wildman–Crippen MR) is 95.4 cm³/mol. The third-order valence-electron chi connectivity index (χ3n) is 4.95. The van der Waals surface area contributed by atoms with Gasteiger partial charge in [-0.05, 0) is 18.9 Å². The first-order valence-electron chi connectivity index (χ1n) is 8.71. The Kier molecular flexibility index (Phi) is 4.37. The SMILES string of the molecule is O=C(NCC(F)(F)F)C1CCN(c2cncc3cnc4[nH]ccc4c23)CC1. The van der Waals surface area contributed by atoms with Gasteiger partial charge in [0.15, 0.2) is 0 Å². The van der Waals surface area contributed by atoms with Crippen molar-refractivity contribution < 1.29 is 18.0 Å². The van der Waals surface area contributed by atoms with Gasteiger partial charge in [-0.2, -0.15) is 13.2 Å². The molecule has 142 valence electrons. The van der Waals surface area contributed by atoms with Crippen molar-refractivity contribution in [1.29, 1.82) is 0 Å². The number of hydrogen-bond acceptors (Lipinski definition) is 4. The van der Waals surface area contributed by atoms with Crippen molar-refractivity contribution in [2.45, 2.75) is 19.0 Å². The van der Waals surface area contributed by atoms with Crippen molar-refractivity contribution in [2.24, 2.45) is 5.92 Å². The van der Waals surface area contributed by atoms with Gasteiger partial charge < -0.3 is 15.2 Å². The Labute approximate surface area is 152 Å². The van der Waals surface area contributed by atoms with Crippen LogP contribution in [0, 0.1) is 5.92 Å². The highest BCUT2D eigenvalue weighted by Gasteiger charge is 2.31. The van der Waals surface area contributed by atoms with Gasteiger partial charge in [-0.15, -0.1) is 0 Å². The van der Waals surface area contributed by atoms with Crippen LogP contribution in [0.15, 0.2) is 30.9 Å². The number of fused-ring (bicyclic) bond motifs is 3. The van der Waals surface area contributed by atoms with E-state index >= 15 is 0 Å². The summed E-state index contributed by atoms with van der Waals surface area (Å²) in [5.74, 6) is -0.930. The van der Waals surface area contributed by atoms with Gasteiger partial charge in [0.05, 0.1) is 11.9 Å². The van der Waals surface area contributed by atoms with Crippen LogP contribution in [-0.4, -0.2) is 46.7 Å². The minimum absolute atomic E-state index is 0.402. The molecule has 1 saturated heterocycles. The number of anilines is 1. The van der Waals surface area contributed by atoms with Gasteiger partial charge in [-0.3, -0.25) is 9.78 Å². The summed E-state index contributed by atoms with van der Waals surface area (Å²) in [5, 5.41) is 4.94. The van der Waals surface area contributed by atoms with E-state index in [0.29, 0.717) is 25.9 Å². The molecule has 4 heterocycles. The molecule has 1 aliphatic heterocycles. The topological polar surface area (TPSA) is 73.9 Å². The van der Waals surface area contributed by atoms with Crippen LogP contribution in [0.5, 0.6) is 0 Å². The average Bonchev–Trinajstić information content (AvgIpc) is 3.14. The minimum atomic E-state index is -4.39. The van der Waals surface area contributed by atoms with Gasteiger partial charge in [-0.1, -0.05) is 0 Å². The first-order chi connectivity index (χ1) is 12.9. The molecule has 1 aliphatic rings. The first kappa shape index (κ1) is 17.6. The molecular weight excluding hydrogens is 359 g/mol. The number of halogens is 3. The number of H-pyrrole nitrogens is 1. The summed E-state index contributed by atoms with van der Waals surface area (Å²) in [4.78, 5) is 25.9. The van der Waals surface area contributed by atoms with E-state index in [1.807, 2.05) is 17.6 Å². The third-order valence-corrected chi connectivity index (χ3v) is 4.95. The fourth-order valence-corrected chi connectivity index (χ4v) is 3.61. The number of aromatic nitrogens is 3. The normalized spacial score (nSPS) is 16.2. The van der Waals surface area contributed by atoms with E-state index in [9.17, 15) is 18.0 Å². The molecule has 1 amide bonds. The lowest BCUT2D eigenvalue weighted by Gasteiger charge is -2.33. The zero-order chi connectivity index (χ0) is 19.0. The number of rotatable bonds is 3. The Balaban J connectivity index is 1.52. The number of aromatic amines is 1. The van der Waals surface area contributed by atoms with Crippen LogP contribution in [0.25, 0.3) is 21.8 Å². The van der Waals surface area contributed by atoms with Crippen molar-refractivity contribution in [3.8, 4) is 0 Å². The Bertz CT molecular complexity index is 976. The molecule has 6 nitrogen and oxygen atoms in total. The second kappa shape index (κ2) is 6.71. The molecule has 0 aromatic carbocycles. The molecule has 4 rings (SSSR count). The lowest BCUT2D eigenvalue weighted by Crippen LogP contribution is -2.43. The Morgan fingerprint density at radius 1 is 1.26 bits per heavy atom. The van der Waals surface area contributed by atoms with Gasteiger partial charge in [0, 0.05) is 53.8 Å². The molecule has 0 unspecified atom stereocenters. The minimum Gasteiger partial charge on any atom is -0.370 e. The number of carbonyl (C=O) groups excluding carboxylic acids is 1. The molecule has 2 N–H and O–H groups in total. The first-order valence-corrected chi connectivity index (χ1v) is 8.71. The van der Waals surface area contributed by atoms with E-state index in [1.54, 1.807) is 18.6 Å². The summed E-state index contributed by atoms with van der Waals surface area (Å²) in [5.41, 5.74) is 1.74. The molecule has 0 atom stereocenters. The number of amides is 1. The van der Waals surface area contributed by atoms with Crippen molar-refractivity contribution in [3.63, 3.8) is 0 Å². The molecule has 0 aliphatic carbocycles. The number of piperidine rings is 1. The van der Waals surface area contributed by atoms with E-state index in [4.69, 9.17) is 0 Å². The second-order valence-corrected chi connectivity index (χ2v) is 6.72. The van der Waals surface area contributed by atoms with Crippen molar-refractivity contribution >= 4 is 33.4 Å². The lowest BCUT2D eigenvalue weighted by atomic mass is 9.95. The average molecular weight is 377 g/mol. The van der Waals surface area contributed by atoms with E-state index in [-0.39, 0.29) is 0 Å². The summed E-state index contributed by atoms with van der Waals surface area (Å²) in [6.07, 6.45) is 3.76. The zero-order valence-corrected chi connectivity index (χ0v) is 14.4. The summed E-state index contributed by atoms with van der Waals surface area (Å²) < 4.78 is 36.8. The number of nitrogens with one attached hydrogen (secondary N) is 2. The van der Waals surface area contributed by atoms with Gasteiger partial charge >= 0.3 is 6.18 Å². The van der Waals surface area contributed by atoms with Crippen molar-refractivity contribution in [3.05, 3.63) is 30.9 Å². The number of nitrogens with zero attached hydrogens (tertiary/aromatic N) is 3. The van der Waals surface area contributed by atoms with Crippen LogP contribution in [-0.2, 0) is 4.79 Å². The smallest absolute Gasteiger partial charge is 0.370 e. The zero-order valence-electron chi connectivity index (χ0n) is 14.4. The van der Waals surface area contributed by atoms with Crippen LogP contribution in [0.2, 0.25) is 0 Å². The molecule has 0 bridgehead atoms. The van der Waals surface area contributed by atoms with Crippen LogP contribution >= 0.6 is 0 Å².